The largest absolute Gasteiger partial charge is 0.480 e. The number of allylic oxidation sites excluding steroid dienone is 12. The first kappa shape index (κ1) is 51.8. The number of ether oxygens (including phenoxy) is 1. The van der Waals surface area contributed by atoms with Gasteiger partial charge in [0.05, 0.1) is 0 Å². The SMILES string of the molecule is CC/C=C\C/C=C\C/C=C\C/C=C\CCC(CCCCCCCC(=O)NC(CCCN)C(=O)O)OC(=O)CCCCCCC/C=C\C/C=C\CCCCCC. The number of carboxylic acid groups (broad SMARTS) is 1. The van der Waals surface area contributed by atoms with E-state index in [1.54, 1.807) is 0 Å². The minimum Gasteiger partial charge on any atom is -0.480 e. The molecular formula is C48H82N2O5. The van der Waals surface area contributed by atoms with Crippen LogP contribution in [-0.4, -0.2) is 41.6 Å². The lowest BCUT2D eigenvalue weighted by atomic mass is 10.0. The first-order valence-electron chi connectivity index (χ1n) is 22.3. The van der Waals surface area contributed by atoms with Crippen molar-refractivity contribution >= 4 is 17.8 Å². The quantitative estimate of drug-likeness (QED) is 0.0326. The number of aliphatic carboxylic acids is 1. The van der Waals surface area contributed by atoms with Crippen LogP contribution in [0.25, 0.3) is 0 Å². The molecule has 4 N–H and O–H groups in total. The minimum absolute atomic E-state index is 0.0745. The van der Waals surface area contributed by atoms with Crippen LogP contribution in [0, 0.1) is 0 Å². The summed E-state index contributed by atoms with van der Waals surface area (Å²) in [4.78, 5) is 36.4. The van der Waals surface area contributed by atoms with Gasteiger partial charge >= 0.3 is 11.9 Å². The van der Waals surface area contributed by atoms with Crippen LogP contribution in [0.3, 0.4) is 0 Å². The van der Waals surface area contributed by atoms with Gasteiger partial charge in [0.2, 0.25) is 5.91 Å². The molecular weight excluding hydrogens is 685 g/mol. The fourth-order valence-corrected chi connectivity index (χ4v) is 6.18. The van der Waals surface area contributed by atoms with Gasteiger partial charge in [0.15, 0.2) is 0 Å². The van der Waals surface area contributed by atoms with Crippen molar-refractivity contribution in [2.24, 2.45) is 5.73 Å². The Bertz CT molecular complexity index is 1090. The molecule has 2 atom stereocenters. The second-order valence-corrected chi connectivity index (χ2v) is 14.7. The maximum Gasteiger partial charge on any atom is 0.326 e. The molecule has 55 heavy (non-hydrogen) atoms. The van der Waals surface area contributed by atoms with Crippen LogP contribution >= 0.6 is 0 Å². The lowest BCUT2D eigenvalue weighted by molar-refractivity contribution is -0.150. The standard InChI is InChI=1S/C48H82N2O5/c1-3-5-7-9-11-13-15-17-18-19-21-23-25-27-32-36-42-47(52)55-44(38-33-29-26-24-22-20-16-14-12-10-8-6-4-2)39-34-30-28-31-35-41-46(51)50-45(48(53)54)40-37-43-49/h6,8,12-15,18-20,22,26,29,44-45H,3-5,7,9-11,16-17,21,23-25,27-28,30-43,49H2,1-2H3,(H,50,51)(H,53,54)/b8-6-,14-12-,15-13-,19-18-,22-20-,29-26-. The van der Waals surface area contributed by atoms with E-state index in [1.807, 2.05) is 0 Å². The van der Waals surface area contributed by atoms with Gasteiger partial charge in [0.25, 0.3) is 0 Å². The summed E-state index contributed by atoms with van der Waals surface area (Å²) >= 11 is 0. The van der Waals surface area contributed by atoms with E-state index in [4.69, 9.17) is 10.5 Å². The van der Waals surface area contributed by atoms with Gasteiger partial charge in [-0.05, 0) is 116 Å². The topological polar surface area (TPSA) is 119 Å². The summed E-state index contributed by atoms with van der Waals surface area (Å²) in [6.07, 6.45) is 53.7. The number of carboxylic acids is 1. The van der Waals surface area contributed by atoms with E-state index in [9.17, 15) is 19.5 Å². The molecule has 0 fully saturated rings. The van der Waals surface area contributed by atoms with Gasteiger partial charge in [-0.1, -0.05) is 145 Å². The van der Waals surface area contributed by atoms with Gasteiger partial charge in [-0.25, -0.2) is 4.79 Å². The highest BCUT2D eigenvalue weighted by molar-refractivity contribution is 5.83. The fourth-order valence-electron chi connectivity index (χ4n) is 6.18. The molecule has 0 saturated carbocycles. The van der Waals surface area contributed by atoms with Crippen LogP contribution < -0.4 is 11.1 Å². The molecule has 0 aromatic carbocycles. The van der Waals surface area contributed by atoms with Gasteiger partial charge in [-0.2, -0.15) is 0 Å². The van der Waals surface area contributed by atoms with Crippen LogP contribution in [0.4, 0.5) is 0 Å². The Kier molecular flexibility index (Phi) is 39.5. The molecule has 0 bridgehead atoms. The van der Waals surface area contributed by atoms with Crippen molar-refractivity contribution in [3.05, 3.63) is 72.9 Å². The molecule has 7 heteroatoms. The van der Waals surface area contributed by atoms with Gasteiger partial charge in [0, 0.05) is 12.8 Å². The Labute approximate surface area is 337 Å². The Hall–Kier alpha value is -3.19. The molecule has 314 valence electrons. The Morgan fingerprint density at radius 1 is 0.545 bits per heavy atom. The summed E-state index contributed by atoms with van der Waals surface area (Å²) in [6, 6.07) is -0.868. The maximum absolute atomic E-state index is 12.8. The van der Waals surface area contributed by atoms with Crippen LogP contribution in [0.5, 0.6) is 0 Å². The smallest absolute Gasteiger partial charge is 0.326 e. The van der Waals surface area contributed by atoms with Gasteiger partial charge in [-0.3, -0.25) is 9.59 Å². The van der Waals surface area contributed by atoms with Crippen molar-refractivity contribution in [1.29, 1.82) is 0 Å². The van der Waals surface area contributed by atoms with Crippen molar-refractivity contribution < 1.29 is 24.2 Å². The summed E-state index contributed by atoms with van der Waals surface area (Å²) in [5, 5.41) is 11.9. The number of nitrogens with two attached hydrogens (primary N) is 1. The van der Waals surface area contributed by atoms with E-state index in [0.717, 1.165) is 109 Å². The number of carbonyl (C=O) groups excluding carboxylic acids is 2. The predicted molar refractivity (Wildman–Crippen MR) is 234 cm³/mol. The Morgan fingerprint density at radius 3 is 1.60 bits per heavy atom. The molecule has 1 amide bonds. The average Bonchev–Trinajstić information content (AvgIpc) is 3.17. The molecule has 0 aromatic rings. The molecule has 0 heterocycles. The molecule has 0 aliphatic rings. The number of hydrogen-bond donors (Lipinski definition) is 3. The zero-order chi connectivity index (χ0) is 40.3. The summed E-state index contributed by atoms with van der Waals surface area (Å²) < 4.78 is 6.00. The number of nitrogens with one attached hydrogen (secondary N) is 1. The molecule has 0 saturated heterocycles. The number of rotatable bonds is 39. The number of esters is 1. The van der Waals surface area contributed by atoms with Crippen molar-refractivity contribution in [2.45, 2.75) is 206 Å². The average molecular weight is 767 g/mol. The summed E-state index contributed by atoms with van der Waals surface area (Å²) in [6.45, 7) is 4.80. The number of carbonyl (C=O) groups is 3. The van der Waals surface area contributed by atoms with Crippen molar-refractivity contribution in [3.63, 3.8) is 0 Å². The molecule has 0 radical (unpaired) electrons. The molecule has 0 aromatic heterocycles. The highest BCUT2D eigenvalue weighted by atomic mass is 16.5. The predicted octanol–water partition coefficient (Wildman–Crippen LogP) is 12.7. The van der Waals surface area contributed by atoms with E-state index < -0.39 is 12.0 Å². The van der Waals surface area contributed by atoms with Crippen LogP contribution in [0.1, 0.15) is 194 Å². The second kappa shape index (κ2) is 42.0. The van der Waals surface area contributed by atoms with E-state index in [-0.39, 0.29) is 18.0 Å². The summed E-state index contributed by atoms with van der Waals surface area (Å²) in [5.41, 5.74) is 5.48. The lowest BCUT2D eigenvalue weighted by Crippen LogP contribution is -2.40. The van der Waals surface area contributed by atoms with E-state index >= 15 is 0 Å². The minimum atomic E-state index is -1.01. The third-order valence-corrected chi connectivity index (χ3v) is 9.51. The summed E-state index contributed by atoms with van der Waals surface area (Å²) in [7, 11) is 0. The molecule has 0 aliphatic carbocycles. The highest BCUT2D eigenvalue weighted by Crippen LogP contribution is 2.17. The molecule has 2 unspecified atom stereocenters. The Morgan fingerprint density at radius 2 is 1.04 bits per heavy atom. The zero-order valence-electron chi connectivity index (χ0n) is 35.2. The lowest BCUT2D eigenvalue weighted by Gasteiger charge is -2.17. The Balaban J connectivity index is 4.47. The molecule has 7 nitrogen and oxygen atoms in total. The van der Waals surface area contributed by atoms with E-state index in [0.29, 0.717) is 32.2 Å². The highest BCUT2D eigenvalue weighted by Gasteiger charge is 2.19. The van der Waals surface area contributed by atoms with Crippen molar-refractivity contribution in [3.8, 4) is 0 Å². The van der Waals surface area contributed by atoms with Crippen LogP contribution in [0.15, 0.2) is 72.9 Å². The fraction of sp³-hybridized carbons (Fsp3) is 0.688. The third-order valence-electron chi connectivity index (χ3n) is 9.51. The maximum atomic E-state index is 12.8. The van der Waals surface area contributed by atoms with E-state index in [2.05, 4.69) is 92.1 Å². The van der Waals surface area contributed by atoms with Gasteiger partial charge in [-0.15, -0.1) is 0 Å². The zero-order valence-corrected chi connectivity index (χ0v) is 35.2. The molecule has 0 rings (SSSR count). The number of amides is 1. The number of unbranched alkanes of at least 4 members (excludes halogenated alkanes) is 13. The van der Waals surface area contributed by atoms with Gasteiger partial charge in [0.1, 0.15) is 12.1 Å². The first-order valence-corrected chi connectivity index (χ1v) is 22.3. The van der Waals surface area contributed by atoms with Crippen molar-refractivity contribution in [2.75, 3.05) is 6.54 Å². The van der Waals surface area contributed by atoms with Crippen LogP contribution in [0.2, 0.25) is 0 Å². The van der Waals surface area contributed by atoms with Crippen molar-refractivity contribution in [1.82, 2.24) is 5.32 Å². The first-order chi connectivity index (χ1) is 26.9. The molecule has 0 spiro atoms. The monoisotopic (exact) mass is 767 g/mol. The van der Waals surface area contributed by atoms with E-state index in [1.165, 1.54) is 44.9 Å². The third kappa shape index (κ3) is 38.9. The normalized spacial score (nSPS) is 13.4. The number of hydrogen-bond acceptors (Lipinski definition) is 5. The van der Waals surface area contributed by atoms with Crippen LogP contribution in [-0.2, 0) is 19.1 Å². The second-order valence-electron chi connectivity index (χ2n) is 14.7. The van der Waals surface area contributed by atoms with Gasteiger partial charge < -0.3 is 20.9 Å². The molecule has 0 aliphatic heterocycles. The summed E-state index contributed by atoms with van der Waals surface area (Å²) in [5.74, 6) is -1.31.